The summed E-state index contributed by atoms with van der Waals surface area (Å²) in [5, 5.41) is 4.54. The Morgan fingerprint density at radius 3 is 2.89 bits per heavy atom. The first-order chi connectivity index (χ1) is 9.06. The number of carbonyl (C=O) groups is 1. The Morgan fingerprint density at radius 1 is 1.47 bits per heavy atom. The predicted octanol–water partition coefficient (Wildman–Crippen LogP) is 1.83. The van der Waals surface area contributed by atoms with Crippen molar-refractivity contribution in [2.24, 2.45) is 0 Å². The van der Waals surface area contributed by atoms with Gasteiger partial charge in [-0.1, -0.05) is 17.4 Å². The maximum atomic E-state index is 11.8. The van der Waals surface area contributed by atoms with Gasteiger partial charge in [0.05, 0.1) is 0 Å². The zero-order chi connectivity index (χ0) is 13.8. The lowest BCUT2D eigenvalue weighted by Gasteiger charge is -2.07. The lowest BCUT2D eigenvalue weighted by molar-refractivity contribution is -0.116. The Kier molecular flexibility index (Phi) is 4.01. The summed E-state index contributed by atoms with van der Waals surface area (Å²) in [6.07, 6.45) is 0.256. The number of nitrogens with one attached hydrogen (secondary N) is 1. The van der Waals surface area contributed by atoms with E-state index in [1.165, 1.54) is 0 Å². The van der Waals surface area contributed by atoms with Crippen LogP contribution in [-0.2, 0) is 11.3 Å². The maximum absolute atomic E-state index is 11.8. The van der Waals surface area contributed by atoms with Crippen LogP contribution in [0.5, 0.6) is 0 Å². The van der Waals surface area contributed by atoms with Crippen molar-refractivity contribution in [1.82, 2.24) is 4.57 Å². The summed E-state index contributed by atoms with van der Waals surface area (Å²) in [5.74, 6) is -0.136. The number of amides is 1. The summed E-state index contributed by atoms with van der Waals surface area (Å²) < 4.78 is 1.60. The van der Waals surface area contributed by atoms with E-state index in [2.05, 4.69) is 5.32 Å². The molecule has 6 heteroatoms. The monoisotopic (exact) mass is 277 g/mol. The molecule has 0 aliphatic carbocycles. The van der Waals surface area contributed by atoms with Gasteiger partial charge in [0.15, 0.2) is 0 Å². The number of anilines is 2. The van der Waals surface area contributed by atoms with Crippen LogP contribution in [0.3, 0.4) is 0 Å². The predicted molar refractivity (Wildman–Crippen MR) is 77.4 cm³/mol. The van der Waals surface area contributed by atoms with Gasteiger partial charge in [0.2, 0.25) is 5.91 Å². The number of hydrogen-bond donors (Lipinski definition) is 2. The number of hydrogen-bond acceptors (Lipinski definition) is 4. The molecule has 1 aromatic heterocycles. The number of nitrogens with two attached hydrogens (primary N) is 1. The number of nitrogen functional groups attached to an aromatic ring is 1. The van der Waals surface area contributed by atoms with Gasteiger partial charge >= 0.3 is 4.87 Å². The van der Waals surface area contributed by atoms with E-state index in [9.17, 15) is 9.59 Å². The van der Waals surface area contributed by atoms with Gasteiger partial charge < -0.3 is 15.6 Å². The zero-order valence-electron chi connectivity index (χ0n) is 10.6. The van der Waals surface area contributed by atoms with Crippen LogP contribution in [0, 0.1) is 6.92 Å². The molecule has 1 amide bonds. The van der Waals surface area contributed by atoms with E-state index in [0.717, 1.165) is 17.0 Å². The van der Waals surface area contributed by atoms with E-state index < -0.39 is 0 Å². The molecule has 0 atom stereocenters. The number of rotatable bonds is 4. The molecule has 2 rings (SSSR count). The first-order valence-electron chi connectivity index (χ1n) is 5.86. The van der Waals surface area contributed by atoms with Gasteiger partial charge in [-0.3, -0.25) is 9.59 Å². The molecule has 0 spiro atoms. The zero-order valence-corrected chi connectivity index (χ0v) is 11.4. The smallest absolute Gasteiger partial charge is 0.307 e. The minimum absolute atomic E-state index is 0.0331. The molecule has 0 unspecified atom stereocenters. The summed E-state index contributed by atoms with van der Waals surface area (Å²) in [6, 6.07) is 7.00. The average Bonchev–Trinajstić information content (AvgIpc) is 2.67. The summed E-state index contributed by atoms with van der Waals surface area (Å²) in [6.45, 7) is 2.25. The standard InChI is InChI=1S/C13H15N3O2S/c1-9-8-19-13(18)16(9)6-5-12(17)15-11-4-2-3-10(14)7-11/h2-4,7-8H,5-6,14H2,1H3,(H,15,17). The van der Waals surface area contributed by atoms with Crippen molar-refractivity contribution in [3.8, 4) is 0 Å². The molecule has 0 bridgehead atoms. The molecule has 3 N–H and O–H groups in total. The lowest BCUT2D eigenvalue weighted by Crippen LogP contribution is -2.20. The third kappa shape index (κ3) is 3.45. The summed E-state index contributed by atoms with van der Waals surface area (Å²) in [4.78, 5) is 23.2. The Labute approximate surface area is 114 Å². The highest BCUT2D eigenvalue weighted by molar-refractivity contribution is 7.07. The molecule has 1 aromatic carbocycles. The highest BCUT2D eigenvalue weighted by Crippen LogP contribution is 2.12. The third-order valence-electron chi connectivity index (χ3n) is 2.71. The van der Waals surface area contributed by atoms with Crippen molar-refractivity contribution in [3.63, 3.8) is 0 Å². The number of carbonyl (C=O) groups excluding carboxylic acids is 1. The molecule has 5 nitrogen and oxygen atoms in total. The van der Waals surface area contributed by atoms with E-state index in [-0.39, 0.29) is 17.2 Å². The SMILES string of the molecule is Cc1csc(=O)n1CCC(=O)Nc1cccc(N)c1. The number of aromatic nitrogens is 1. The highest BCUT2D eigenvalue weighted by atomic mass is 32.1. The van der Waals surface area contributed by atoms with E-state index in [0.29, 0.717) is 17.9 Å². The minimum Gasteiger partial charge on any atom is -0.399 e. The van der Waals surface area contributed by atoms with Gasteiger partial charge in [0.1, 0.15) is 0 Å². The largest absolute Gasteiger partial charge is 0.399 e. The first-order valence-corrected chi connectivity index (χ1v) is 6.74. The fraction of sp³-hybridized carbons (Fsp3) is 0.231. The molecule has 0 saturated heterocycles. The molecule has 2 aromatic rings. The summed E-state index contributed by atoms with van der Waals surface area (Å²) in [5.41, 5.74) is 7.78. The topological polar surface area (TPSA) is 77.1 Å². The molecule has 0 fully saturated rings. The molecule has 0 radical (unpaired) electrons. The van der Waals surface area contributed by atoms with Crippen molar-refractivity contribution in [2.45, 2.75) is 19.9 Å². The van der Waals surface area contributed by atoms with Crippen molar-refractivity contribution < 1.29 is 4.79 Å². The van der Waals surface area contributed by atoms with Gasteiger partial charge in [0.25, 0.3) is 0 Å². The molecular weight excluding hydrogens is 262 g/mol. The first kappa shape index (κ1) is 13.4. The van der Waals surface area contributed by atoms with E-state index in [1.807, 2.05) is 6.92 Å². The number of thiazole rings is 1. The quantitative estimate of drug-likeness (QED) is 0.837. The fourth-order valence-electron chi connectivity index (χ4n) is 1.73. The molecular formula is C13H15N3O2S. The van der Waals surface area contributed by atoms with Crippen LogP contribution in [0.2, 0.25) is 0 Å². The van der Waals surface area contributed by atoms with E-state index >= 15 is 0 Å². The average molecular weight is 277 g/mol. The van der Waals surface area contributed by atoms with Crippen molar-refractivity contribution >= 4 is 28.6 Å². The second kappa shape index (κ2) is 5.71. The highest BCUT2D eigenvalue weighted by Gasteiger charge is 2.06. The van der Waals surface area contributed by atoms with Gasteiger partial charge in [-0.15, -0.1) is 0 Å². The van der Waals surface area contributed by atoms with E-state index in [4.69, 9.17) is 5.73 Å². The van der Waals surface area contributed by atoms with Crippen LogP contribution in [-0.4, -0.2) is 10.5 Å². The Hall–Kier alpha value is -2.08. The number of nitrogens with zero attached hydrogens (tertiary/aromatic N) is 1. The molecule has 0 aliphatic rings. The Balaban J connectivity index is 1.94. The van der Waals surface area contributed by atoms with Crippen molar-refractivity contribution in [1.29, 1.82) is 0 Å². The molecule has 0 saturated carbocycles. The van der Waals surface area contributed by atoms with Crippen LogP contribution >= 0.6 is 11.3 Å². The molecule has 0 aliphatic heterocycles. The van der Waals surface area contributed by atoms with Gasteiger partial charge in [-0.2, -0.15) is 0 Å². The van der Waals surface area contributed by atoms with Crippen LogP contribution < -0.4 is 15.9 Å². The van der Waals surface area contributed by atoms with Crippen LogP contribution in [0.1, 0.15) is 12.1 Å². The summed E-state index contributed by atoms with van der Waals surface area (Å²) in [7, 11) is 0. The van der Waals surface area contributed by atoms with Gasteiger partial charge in [0, 0.05) is 35.4 Å². The second-order valence-corrected chi connectivity index (χ2v) is 5.04. The molecule has 1 heterocycles. The minimum atomic E-state index is -0.136. The third-order valence-corrected chi connectivity index (χ3v) is 3.59. The second-order valence-electron chi connectivity index (χ2n) is 4.22. The van der Waals surface area contributed by atoms with Gasteiger partial charge in [-0.25, -0.2) is 0 Å². The number of benzene rings is 1. The van der Waals surface area contributed by atoms with Crippen LogP contribution in [0.15, 0.2) is 34.4 Å². The Morgan fingerprint density at radius 2 is 2.26 bits per heavy atom. The van der Waals surface area contributed by atoms with Crippen molar-refractivity contribution in [2.75, 3.05) is 11.1 Å². The van der Waals surface area contributed by atoms with E-state index in [1.54, 1.807) is 34.2 Å². The van der Waals surface area contributed by atoms with Crippen molar-refractivity contribution in [3.05, 3.63) is 45.0 Å². The Bertz CT molecular complexity index is 645. The molecule has 19 heavy (non-hydrogen) atoms. The van der Waals surface area contributed by atoms with Crippen LogP contribution in [0.25, 0.3) is 0 Å². The maximum Gasteiger partial charge on any atom is 0.307 e. The normalized spacial score (nSPS) is 10.4. The van der Waals surface area contributed by atoms with Crippen LogP contribution in [0.4, 0.5) is 11.4 Å². The summed E-state index contributed by atoms with van der Waals surface area (Å²) >= 11 is 1.15. The lowest BCUT2D eigenvalue weighted by atomic mass is 10.2. The number of aryl methyl sites for hydroxylation is 1. The fourth-order valence-corrected chi connectivity index (χ4v) is 2.49. The molecule has 100 valence electrons. The van der Waals surface area contributed by atoms with Gasteiger partial charge in [-0.05, 0) is 25.1 Å².